The smallest absolute Gasteiger partial charge is 0.143 e. The predicted octanol–water partition coefficient (Wildman–Crippen LogP) is 15.2. The zero-order chi connectivity index (χ0) is 37.7. The number of anilines is 3. The molecule has 268 valence electrons. The van der Waals surface area contributed by atoms with E-state index >= 15 is 0 Å². The minimum absolute atomic E-state index is 0.880. The highest BCUT2D eigenvalue weighted by molar-refractivity contribution is 6.18. The van der Waals surface area contributed by atoms with Gasteiger partial charge in [-0.3, -0.25) is 0 Å². The van der Waals surface area contributed by atoms with Crippen molar-refractivity contribution < 1.29 is 4.42 Å². The van der Waals surface area contributed by atoms with Crippen molar-refractivity contribution in [3.8, 4) is 39.1 Å². The molecule has 11 rings (SSSR count). The van der Waals surface area contributed by atoms with E-state index in [1.165, 1.54) is 21.9 Å². The lowest BCUT2D eigenvalue weighted by Gasteiger charge is -2.29. The summed E-state index contributed by atoms with van der Waals surface area (Å²) in [5.41, 5.74) is 15.2. The molecule has 0 spiro atoms. The van der Waals surface area contributed by atoms with Gasteiger partial charge in [-0.05, 0) is 71.3 Å². The van der Waals surface area contributed by atoms with E-state index in [0.717, 1.165) is 78.0 Å². The first-order valence-electron chi connectivity index (χ1n) is 19.4. The maximum Gasteiger partial charge on any atom is 0.143 e. The minimum atomic E-state index is 0.880. The van der Waals surface area contributed by atoms with Crippen LogP contribution in [0, 0.1) is 0 Å². The molecule has 3 heteroatoms. The molecule has 0 amide bonds. The Kier molecular flexibility index (Phi) is 7.82. The van der Waals surface area contributed by atoms with Crippen molar-refractivity contribution in [1.82, 2.24) is 4.57 Å². The Morgan fingerprint density at radius 1 is 0.368 bits per heavy atom. The topological polar surface area (TPSA) is 21.3 Å². The van der Waals surface area contributed by atoms with E-state index in [9.17, 15) is 0 Å². The average molecular weight is 729 g/mol. The fraction of sp³-hybridized carbons (Fsp3) is 0. The van der Waals surface area contributed by atoms with Gasteiger partial charge in [-0.1, -0.05) is 164 Å². The van der Waals surface area contributed by atoms with Crippen molar-refractivity contribution in [2.24, 2.45) is 0 Å². The van der Waals surface area contributed by atoms with Gasteiger partial charge in [0.25, 0.3) is 0 Å². The van der Waals surface area contributed by atoms with E-state index < -0.39 is 0 Å². The lowest BCUT2D eigenvalue weighted by atomic mass is 9.94. The molecule has 0 fully saturated rings. The lowest BCUT2D eigenvalue weighted by Crippen LogP contribution is -2.12. The van der Waals surface area contributed by atoms with Crippen LogP contribution >= 0.6 is 0 Å². The molecule has 0 aliphatic carbocycles. The molecule has 2 aromatic heterocycles. The van der Waals surface area contributed by atoms with Crippen LogP contribution < -0.4 is 4.90 Å². The van der Waals surface area contributed by atoms with Gasteiger partial charge in [-0.2, -0.15) is 0 Å². The molecular formula is C54H36N2O. The Balaban J connectivity index is 1.22. The summed E-state index contributed by atoms with van der Waals surface area (Å²) in [5, 5.41) is 4.59. The summed E-state index contributed by atoms with van der Waals surface area (Å²) < 4.78 is 9.17. The van der Waals surface area contributed by atoms with Crippen LogP contribution in [0.3, 0.4) is 0 Å². The van der Waals surface area contributed by atoms with E-state index in [1.807, 2.05) is 6.07 Å². The molecule has 0 bridgehead atoms. The van der Waals surface area contributed by atoms with Gasteiger partial charge in [-0.15, -0.1) is 0 Å². The van der Waals surface area contributed by atoms with E-state index in [4.69, 9.17) is 4.42 Å². The number of aromatic nitrogens is 1. The van der Waals surface area contributed by atoms with Crippen LogP contribution in [0.1, 0.15) is 0 Å². The van der Waals surface area contributed by atoms with Gasteiger partial charge in [0.2, 0.25) is 0 Å². The second kappa shape index (κ2) is 13.6. The van der Waals surface area contributed by atoms with Gasteiger partial charge in [-0.25, -0.2) is 0 Å². The summed E-state index contributed by atoms with van der Waals surface area (Å²) in [6.45, 7) is 0. The van der Waals surface area contributed by atoms with E-state index in [2.05, 4.69) is 222 Å². The van der Waals surface area contributed by atoms with E-state index in [1.54, 1.807) is 0 Å². The predicted molar refractivity (Wildman–Crippen MR) is 239 cm³/mol. The fourth-order valence-electron chi connectivity index (χ4n) is 8.68. The summed E-state index contributed by atoms with van der Waals surface area (Å²) in [6, 6.07) is 78.1. The first kappa shape index (κ1) is 32.8. The summed E-state index contributed by atoms with van der Waals surface area (Å²) in [4.78, 5) is 2.44. The maximum absolute atomic E-state index is 6.74. The summed E-state index contributed by atoms with van der Waals surface area (Å²) >= 11 is 0. The second-order valence-corrected chi connectivity index (χ2v) is 14.5. The number of benzene rings is 9. The largest absolute Gasteiger partial charge is 0.455 e. The average Bonchev–Trinajstić information content (AvgIpc) is 3.84. The number of furan rings is 1. The molecular weight excluding hydrogens is 693 g/mol. The van der Waals surface area contributed by atoms with Gasteiger partial charge < -0.3 is 13.9 Å². The number of rotatable bonds is 7. The van der Waals surface area contributed by atoms with Crippen LogP contribution in [0.15, 0.2) is 223 Å². The van der Waals surface area contributed by atoms with Crippen molar-refractivity contribution in [3.63, 3.8) is 0 Å². The first-order chi connectivity index (χ1) is 28.3. The summed E-state index contributed by atoms with van der Waals surface area (Å²) in [7, 11) is 0. The van der Waals surface area contributed by atoms with Crippen LogP contribution in [-0.4, -0.2) is 4.57 Å². The van der Waals surface area contributed by atoms with E-state index in [-0.39, 0.29) is 0 Å². The van der Waals surface area contributed by atoms with Crippen LogP contribution in [-0.2, 0) is 0 Å². The number of fused-ring (bicyclic) bond motifs is 6. The molecule has 57 heavy (non-hydrogen) atoms. The zero-order valence-corrected chi connectivity index (χ0v) is 31.1. The monoisotopic (exact) mass is 728 g/mol. The van der Waals surface area contributed by atoms with Crippen molar-refractivity contribution in [3.05, 3.63) is 218 Å². The second-order valence-electron chi connectivity index (χ2n) is 14.5. The number of nitrogens with zero attached hydrogens (tertiary/aromatic N) is 2. The Bertz CT molecular complexity index is 3230. The molecule has 0 saturated heterocycles. The number of para-hydroxylation sites is 5. The molecule has 2 heterocycles. The van der Waals surface area contributed by atoms with Crippen LogP contribution in [0.5, 0.6) is 0 Å². The van der Waals surface area contributed by atoms with Gasteiger partial charge in [0.15, 0.2) is 0 Å². The third-order valence-electron chi connectivity index (χ3n) is 11.2. The van der Waals surface area contributed by atoms with Crippen molar-refractivity contribution in [2.75, 3.05) is 4.90 Å². The van der Waals surface area contributed by atoms with Gasteiger partial charge in [0, 0.05) is 43.9 Å². The van der Waals surface area contributed by atoms with Gasteiger partial charge in [0.1, 0.15) is 11.2 Å². The van der Waals surface area contributed by atoms with E-state index in [0.29, 0.717) is 0 Å². The molecule has 0 aliphatic heterocycles. The third kappa shape index (κ3) is 5.43. The normalized spacial score (nSPS) is 11.5. The number of hydrogen-bond donors (Lipinski definition) is 0. The maximum atomic E-state index is 6.74. The van der Waals surface area contributed by atoms with Crippen LogP contribution in [0.25, 0.3) is 82.8 Å². The Labute approximate surface area is 330 Å². The molecule has 3 nitrogen and oxygen atoms in total. The highest BCUT2D eigenvalue weighted by atomic mass is 16.3. The summed E-state index contributed by atoms with van der Waals surface area (Å²) in [5.74, 6) is 0. The molecule has 11 aromatic rings. The van der Waals surface area contributed by atoms with Crippen molar-refractivity contribution in [1.29, 1.82) is 0 Å². The molecule has 0 atom stereocenters. The Hall–Kier alpha value is -7.62. The Morgan fingerprint density at radius 2 is 0.982 bits per heavy atom. The van der Waals surface area contributed by atoms with Gasteiger partial charge in [0.05, 0.1) is 28.1 Å². The lowest BCUT2D eigenvalue weighted by molar-refractivity contribution is 0.670. The highest BCUT2D eigenvalue weighted by Crippen LogP contribution is 2.49. The van der Waals surface area contributed by atoms with Crippen LogP contribution in [0.2, 0.25) is 0 Å². The fourth-order valence-corrected chi connectivity index (χ4v) is 8.68. The van der Waals surface area contributed by atoms with Crippen LogP contribution in [0.4, 0.5) is 17.1 Å². The third-order valence-corrected chi connectivity index (χ3v) is 11.2. The SMILES string of the molecule is c1ccc(-c2ccc(N(c3ccccc3)c3cccc4c3c3ccccc3n4-c3ccccc3-c3ccccc3)c(-c3cccc4c3oc3ccccc34)c2)cc1. The quantitative estimate of drug-likeness (QED) is 0.163. The Morgan fingerprint density at radius 3 is 1.81 bits per heavy atom. The van der Waals surface area contributed by atoms with Crippen molar-refractivity contribution >= 4 is 60.8 Å². The van der Waals surface area contributed by atoms with Crippen molar-refractivity contribution in [2.45, 2.75) is 0 Å². The molecule has 9 aromatic carbocycles. The van der Waals surface area contributed by atoms with Gasteiger partial charge >= 0.3 is 0 Å². The first-order valence-corrected chi connectivity index (χ1v) is 19.4. The molecule has 0 unspecified atom stereocenters. The zero-order valence-electron chi connectivity index (χ0n) is 31.1. The molecule has 0 aliphatic rings. The minimum Gasteiger partial charge on any atom is -0.455 e. The highest BCUT2D eigenvalue weighted by Gasteiger charge is 2.25. The number of hydrogen-bond acceptors (Lipinski definition) is 2. The molecule has 0 radical (unpaired) electrons. The molecule has 0 N–H and O–H groups in total. The molecule has 0 saturated carbocycles. The standard InChI is InChI=1S/C54H36N2O/c1-4-18-37(19-5-1)39-34-35-49(46(36-39)44-28-16-27-43-42-25-12-15-33-52(42)57-54(43)44)55(40-22-8-3-9-23-40)50-31-17-32-51-53(50)45-26-11-14-30-48(45)56(51)47-29-13-10-24-41(47)38-20-6-2-7-21-38/h1-36H. The summed E-state index contributed by atoms with van der Waals surface area (Å²) in [6.07, 6.45) is 0.